The second kappa shape index (κ2) is 6.85. The van der Waals surface area contributed by atoms with Crippen LogP contribution in [0.1, 0.15) is 18.4 Å². The maximum Gasteiger partial charge on any atom is 0.237 e. The number of ether oxygens (including phenoxy) is 1. The van der Waals surface area contributed by atoms with Crippen molar-refractivity contribution in [1.29, 1.82) is 0 Å². The summed E-state index contributed by atoms with van der Waals surface area (Å²) < 4.78 is 17.4. The van der Waals surface area contributed by atoms with E-state index in [0.717, 1.165) is 18.4 Å². The highest BCUT2D eigenvalue weighted by atomic mass is 32.2. The van der Waals surface area contributed by atoms with Crippen molar-refractivity contribution >= 4 is 28.1 Å². The van der Waals surface area contributed by atoms with Gasteiger partial charge in [0.1, 0.15) is 5.75 Å². The Hall–Kier alpha value is -1.40. The number of rotatable bonds is 4. The Labute approximate surface area is 121 Å². The van der Waals surface area contributed by atoms with Crippen LogP contribution in [-0.4, -0.2) is 34.3 Å². The molecule has 110 valence electrons. The SMILES string of the molecule is Cc1cccc(N)c1NC(=O)CS(=O)C1CCOCC1. The summed E-state index contributed by atoms with van der Waals surface area (Å²) in [6.07, 6.45) is 1.51. The van der Waals surface area contributed by atoms with Crippen molar-refractivity contribution in [2.75, 3.05) is 30.0 Å². The topological polar surface area (TPSA) is 81.4 Å². The van der Waals surface area contributed by atoms with E-state index in [-0.39, 0.29) is 16.9 Å². The summed E-state index contributed by atoms with van der Waals surface area (Å²) in [4.78, 5) is 12.0. The fraction of sp³-hybridized carbons (Fsp3) is 0.500. The van der Waals surface area contributed by atoms with Crippen LogP contribution < -0.4 is 11.1 Å². The van der Waals surface area contributed by atoms with Crippen molar-refractivity contribution in [2.24, 2.45) is 0 Å². The van der Waals surface area contributed by atoms with Crippen molar-refractivity contribution in [1.82, 2.24) is 0 Å². The van der Waals surface area contributed by atoms with E-state index in [9.17, 15) is 9.00 Å². The van der Waals surface area contributed by atoms with Crippen molar-refractivity contribution in [3.05, 3.63) is 23.8 Å². The van der Waals surface area contributed by atoms with E-state index in [4.69, 9.17) is 10.5 Å². The minimum absolute atomic E-state index is 0.0123. The molecule has 1 aromatic rings. The van der Waals surface area contributed by atoms with Crippen LogP contribution in [0.4, 0.5) is 11.4 Å². The molecule has 1 aromatic carbocycles. The lowest BCUT2D eigenvalue weighted by Crippen LogP contribution is -2.30. The van der Waals surface area contributed by atoms with E-state index in [0.29, 0.717) is 24.6 Å². The Morgan fingerprint density at radius 2 is 2.15 bits per heavy atom. The van der Waals surface area contributed by atoms with Crippen LogP contribution >= 0.6 is 0 Å². The van der Waals surface area contributed by atoms with E-state index < -0.39 is 10.8 Å². The lowest BCUT2D eigenvalue weighted by atomic mass is 10.1. The molecule has 1 fully saturated rings. The number of benzene rings is 1. The van der Waals surface area contributed by atoms with Crippen LogP contribution in [0.2, 0.25) is 0 Å². The molecule has 1 heterocycles. The first-order valence-electron chi connectivity index (χ1n) is 6.68. The molecule has 5 nitrogen and oxygen atoms in total. The van der Waals surface area contributed by atoms with Crippen LogP contribution in [-0.2, 0) is 20.3 Å². The molecule has 0 saturated carbocycles. The summed E-state index contributed by atoms with van der Waals surface area (Å²) in [5.41, 5.74) is 7.87. The number of hydrogen-bond acceptors (Lipinski definition) is 4. The highest BCUT2D eigenvalue weighted by Gasteiger charge is 2.22. The number of para-hydroxylation sites is 1. The van der Waals surface area contributed by atoms with Crippen LogP contribution in [0, 0.1) is 6.92 Å². The quantitative estimate of drug-likeness (QED) is 0.824. The fourth-order valence-electron chi connectivity index (χ4n) is 2.22. The molecule has 2 rings (SSSR count). The molecule has 3 N–H and O–H groups in total. The van der Waals surface area contributed by atoms with E-state index >= 15 is 0 Å². The number of nitrogen functional groups attached to an aromatic ring is 1. The van der Waals surface area contributed by atoms with E-state index in [1.165, 1.54) is 0 Å². The number of nitrogens with two attached hydrogens (primary N) is 1. The van der Waals surface area contributed by atoms with Crippen molar-refractivity contribution < 1.29 is 13.7 Å². The Kier molecular flexibility index (Phi) is 5.14. The van der Waals surface area contributed by atoms with Gasteiger partial charge in [-0.3, -0.25) is 9.00 Å². The molecule has 1 saturated heterocycles. The third kappa shape index (κ3) is 3.80. The minimum atomic E-state index is -1.16. The molecule has 1 unspecified atom stereocenters. The van der Waals surface area contributed by atoms with Gasteiger partial charge in [-0.2, -0.15) is 0 Å². The smallest absolute Gasteiger partial charge is 0.237 e. The molecule has 0 bridgehead atoms. The first-order chi connectivity index (χ1) is 9.58. The van der Waals surface area contributed by atoms with Gasteiger partial charge in [-0.15, -0.1) is 0 Å². The first kappa shape index (κ1) is 15.0. The summed E-state index contributed by atoms with van der Waals surface area (Å²) in [6, 6.07) is 5.44. The molecule has 1 aliphatic heterocycles. The van der Waals surface area contributed by atoms with Crippen LogP contribution in [0.15, 0.2) is 18.2 Å². The van der Waals surface area contributed by atoms with Crippen LogP contribution in [0.25, 0.3) is 0 Å². The molecule has 0 radical (unpaired) electrons. The van der Waals surface area contributed by atoms with Gasteiger partial charge in [-0.25, -0.2) is 0 Å². The van der Waals surface area contributed by atoms with E-state index in [1.54, 1.807) is 6.07 Å². The lowest BCUT2D eigenvalue weighted by Gasteiger charge is -2.21. The van der Waals surface area contributed by atoms with Gasteiger partial charge < -0.3 is 15.8 Å². The number of nitrogens with one attached hydrogen (secondary N) is 1. The normalized spacial score (nSPS) is 17.6. The minimum Gasteiger partial charge on any atom is -0.397 e. The Morgan fingerprint density at radius 3 is 2.80 bits per heavy atom. The zero-order valence-corrected chi connectivity index (χ0v) is 12.4. The summed E-state index contributed by atoms with van der Waals surface area (Å²) in [6.45, 7) is 3.13. The molecule has 1 atom stereocenters. The number of amides is 1. The second-order valence-corrected chi connectivity index (χ2v) is 6.64. The Morgan fingerprint density at radius 1 is 1.45 bits per heavy atom. The predicted octanol–water partition coefficient (Wildman–Crippen LogP) is 1.44. The predicted molar refractivity (Wildman–Crippen MR) is 81.1 cm³/mol. The number of aryl methyl sites for hydroxylation is 1. The van der Waals surface area contributed by atoms with Gasteiger partial charge in [0.15, 0.2) is 0 Å². The largest absolute Gasteiger partial charge is 0.397 e. The molecule has 0 spiro atoms. The van der Waals surface area contributed by atoms with Gasteiger partial charge in [0.25, 0.3) is 0 Å². The molecule has 20 heavy (non-hydrogen) atoms. The molecule has 0 aromatic heterocycles. The number of carbonyl (C=O) groups excluding carboxylic acids is 1. The summed E-state index contributed by atoms with van der Waals surface area (Å²) in [7, 11) is -1.16. The Bertz CT molecular complexity index is 493. The fourth-order valence-corrected chi connectivity index (χ4v) is 3.51. The molecule has 6 heteroatoms. The zero-order valence-electron chi connectivity index (χ0n) is 11.6. The number of anilines is 2. The van der Waals surface area contributed by atoms with Crippen molar-refractivity contribution in [3.63, 3.8) is 0 Å². The number of hydrogen-bond donors (Lipinski definition) is 2. The lowest BCUT2D eigenvalue weighted by molar-refractivity contribution is -0.113. The zero-order chi connectivity index (χ0) is 14.5. The van der Waals surface area contributed by atoms with Gasteiger partial charge in [0.05, 0.1) is 11.4 Å². The monoisotopic (exact) mass is 296 g/mol. The second-order valence-electron chi connectivity index (χ2n) is 4.92. The van der Waals surface area contributed by atoms with E-state index in [2.05, 4.69) is 5.32 Å². The average molecular weight is 296 g/mol. The third-order valence-corrected chi connectivity index (χ3v) is 5.14. The van der Waals surface area contributed by atoms with Crippen molar-refractivity contribution in [2.45, 2.75) is 25.0 Å². The van der Waals surface area contributed by atoms with E-state index in [1.807, 2.05) is 19.1 Å². The van der Waals surface area contributed by atoms with Gasteiger partial charge in [0.2, 0.25) is 5.91 Å². The molecular weight excluding hydrogens is 276 g/mol. The highest BCUT2D eigenvalue weighted by molar-refractivity contribution is 7.86. The van der Waals surface area contributed by atoms with Gasteiger partial charge in [0, 0.05) is 29.3 Å². The van der Waals surface area contributed by atoms with Crippen molar-refractivity contribution in [3.8, 4) is 0 Å². The highest BCUT2D eigenvalue weighted by Crippen LogP contribution is 2.22. The third-order valence-electron chi connectivity index (χ3n) is 3.38. The average Bonchev–Trinajstić information content (AvgIpc) is 2.44. The number of carbonyl (C=O) groups is 1. The van der Waals surface area contributed by atoms with Gasteiger partial charge >= 0.3 is 0 Å². The van der Waals surface area contributed by atoms with Crippen LogP contribution in [0.3, 0.4) is 0 Å². The standard InChI is InChI=1S/C14H20N2O3S/c1-10-3-2-4-12(15)14(10)16-13(17)9-20(18)11-5-7-19-8-6-11/h2-4,11H,5-9,15H2,1H3,(H,16,17). The maximum atomic E-state index is 12.1. The Balaban J connectivity index is 1.93. The summed E-state index contributed by atoms with van der Waals surface area (Å²) in [5.74, 6) is -0.242. The molecule has 0 aliphatic carbocycles. The summed E-state index contributed by atoms with van der Waals surface area (Å²) in [5, 5.41) is 2.82. The summed E-state index contributed by atoms with van der Waals surface area (Å²) >= 11 is 0. The molecule has 1 aliphatic rings. The van der Waals surface area contributed by atoms with Gasteiger partial charge in [-0.1, -0.05) is 12.1 Å². The van der Waals surface area contributed by atoms with Crippen LogP contribution in [0.5, 0.6) is 0 Å². The molecule has 1 amide bonds. The first-order valence-corrected chi connectivity index (χ1v) is 8.06. The molecular formula is C14H20N2O3S. The van der Waals surface area contributed by atoms with Gasteiger partial charge in [-0.05, 0) is 31.4 Å². The maximum absolute atomic E-state index is 12.1.